The fourth-order valence-electron chi connectivity index (χ4n) is 2.78. The summed E-state index contributed by atoms with van der Waals surface area (Å²) in [6.45, 7) is 4.46. The molecule has 0 aliphatic carbocycles. The molecule has 7 atom stereocenters. The van der Waals surface area contributed by atoms with E-state index in [1.165, 1.54) is 20.2 Å². The van der Waals surface area contributed by atoms with E-state index in [0.29, 0.717) is 0 Å². The second kappa shape index (κ2) is 9.16. The minimum Gasteiger partial charge on any atom is -0.394 e. The lowest BCUT2D eigenvalue weighted by molar-refractivity contribution is -0.127. The average Bonchev–Trinajstić information content (AvgIpc) is 2.94. The van der Waals surface area contributed by atoms with Crippen LogP contribution in [0.1, 0.15) is 25.6 Å². The van der Waals surface area contributed by atoms with Crippen molar-refractivity contribution in [1.82, 2.24) is 9.55 Å². The largest absolute Gasteiger partial charge is 0.695 e. The van der Waals surface area contributed by atoms with Gasteiger partial charge in [0.1, 0.15) is 12.2 Å². The average molecular weight is 407 g/mol. The first-order valence-corrected chi connectivity index (χ1v) is 9.42. The highest BCUT2D eigenvalue weighted by atomic mass is 31.1. The molecule has 0 radical (unpaired) electrons. The molecular formula is C15H24N2O9P+. The molecule has 0 bridgehead atoms. The van der Waals surface area contributed by atoms with Crippen LogP contribution in [0.25, 0.3) is 0 Å². The predicted octanol–water partition coefficient (Wildman–Crippen LogP) is -0.422. The Bertz CT molecular complexity index is 779. The Kier molecular flexibility index (Phi) is 7.40. The van der Waals surface area contributed by atoms with E-state index in [-0.39, 0.29) is 11.7 Å². The van der Waals surface area contributed by atoms with Crippen LogP contribution in [0, 0.1) is 6.92 Å². The van der Waals surface area contributed by atoms with E-state index in [9.17, 15) is 24.2 Å². The Morgan fingerprint density at radius 2 is 2.00 bits per heavy atom. The van der Waals surface area contributed by atoms with Gasteiger partial charge in [-0.2, -0.15) is 0 Å². The van der Waals surface area contributed by atoms with Gasteiger partial charge in [-0.1, -0.05) is 0 Å². The number of methoxy groups -OCH3 is 1. The summed E-state index contributed by atoms with van der Waals surface area (Å²) in [5.74, 6) is 0. The fraction of sp³-hybridized carbons (Fsp3) is 0.733. The summed E-state index contributed by atoms with van der Waals surface area (Å²) in [7, 11) is -1.52. The number of hydrogen-bond acceptors (Lipinski definition) is 8. The second-order valence-electron chi connectivity index (χ2n) is 6.28. The van der Waals surface area contributed by atoms with E-state index in [1.54, 1.807) is 13.8 Å². The van der Waals surface area contributed by atoms with E-state index < -0.39 is 56.8 Å². The number of ether oxygens (including phenoxy) is 3. The minimum absolute atomic E-state index is 0.258. The first-order chi connectivity index (χ1) is 12.7. The standard InChI is InChI=1S/C15H23N2O9P/c1-7-5-17(15(20)16-13(7)19)14-12(24-9(3)8(2)23-4)11(26-27(21)22)10(6-18)25-14/h5,8-12,14,18H,6H2,1-4H3,(H-,16,19,20,21,22)/p+1/t8-,9+,10+,11?,12?,14+/m0/s1. The van der Waals surface area contributed by atoms with Gasteiger partial charge in [0.2, 0.25) is 0 Å². The van der Waals surface area contributed by atoms with Crippen LogP contribution in [0.3, 0.4) is 0 Å². The summed E-state index contributed by atoms with van der Waals surface area (Å²) in [4.78, 5) is 35.2. The molecule has 1 aliphatic rings. The van der Waals surface area contributed by atoms with Crippen molar-refractivity contribution < 1.29 is 33.3 Å². The van der Waals surface area contributed by atoms with Crippen molar-refractivity contribution in [2.24, 2.45) is 0 Å². The van der Waals surface area contributed by atoms with Gasteiger partial charge in [-0.05, 0) is 20.8 Å². The molecule has 12 heteroatoms. The second-order valence-corrected chi connectivity index (χ2v) is 6.97. The van der Waals surface area contributed by atoms with Gasteiger partial charge >= 0.3 is 13.9 Å². The van der Waals surface area contributed by atoms with Crippen molar-refractivity contribution in [3.05, 3.63) is 32.6 Å². The maximum atomic E-state index is 12.3. The molecule has 3 unspecified atom stereocenters. The first kappa shape index (κ1) is 21.8. The van der Waals surface area contributed by atoms with E-state index >= 15 is 0 Å². The number of aliphatic hydroxyl groups excluding tert-OH is 1. The Labute approximate surface area is 155 Å². The van der Waals surface area contributed by atoms with Crippen LogP contribution >= 0.6 is 8.25 Å². The molecule has 0 spiro atoms. The molecule has 3 N–H and O–H groups in total. The molecule has 2 heterocycles. The van der Waals surface area contributed by atoms with Crippen molar-refractivity contribution in [1.29, 1.82) is 0 Å². The number of rotatable bonds is 8. The number of aryl methyl sites for hydroxylation is 1. The molecule has 0 aromatic carbocycles. The van der Waals surface area contributed by atoms with Gasteiger partial charge in [0.05, 0.1) is 18.8 Å². The normalized spacial score (nSPS) is 28.1. The van der Waals surface area contributed by atoms with Gasteiger partial charge in [-0.3, -0.25) is 14.3 Å². The van der Waals surface area contributed by atoms with Gasteiger partial charge in [0.25, 0.3) is 5.56 Å². The van der Waals surface area contributed by atoms with E-state index in [1.807, 2.05) is 0 Å². The lowest BCUT2D eigenvalue weighted by atomic mass is 10.1. The molecule has 1 fully saturated rings. The summed E-state index contributed by atoms with van der Waals surface area (Å²) in [5.41, 5.74) is -1.03. The smallest absolute Gasteiger partial charge is 0.394 e. The third kappa shape index (κ3) is 4.88. The maximum absolute atomic E-state index is 12.3. The number of aromatic nitrogens is 2. The van der Waals surface area contributed by atoms with Gasteiger partial charge in [0, 0.05) is 23.4 Å². The zero-order chi connectivity index (χ0) is 20.3. The van der Waals surface area contributed by atoms with Crippen LogP contribution in [-0.4, -0.2) is 63.8 Å². The molecule has 27 heavy (non-hydrogen) atoms. The van der Waals surface area contributed by atoms with Gasteiger partial charge in [-0.25, -0.2) is 4.79 Å². The van der Waals surface area contributed by atoms with Crippen molar-refractivity contribution in [3.63, 3.8) is 0 Å². The zero-order valence-electron chi connectivity index (χ0n) is 15.4. The highest BCUT2D eigenvalue weighted by Gasteiger charge is 2.52. The fourth-order valence-corrected chi connectivity index (χ4v) is 3.24. The van der Waals surface area contributed by atoms with Crippen LogP contribution in [0.4, 0.5) is 0 Å². The quantitative estimate of drug-likeness (QED) is 0.488. The highest BCUT2D eigenvalue weighted by Crippen LogP contribution is 2.37. The van der Waals surface area contributed by atoms with Crippen LogP contribution in [-0.2, 0) is 23.3 Å². The van der Waals surface area contributed by atoms with Crippen molar-refractivity contribution >= 4 is 8.25 Å². The number of nitrogens with zero attached hydrogens (tertiary/aromatic N) is 1. The molecule has 1 saturated heterocycles. The van der Waals surface area contributed by atoms with E-state index in [2.05, 4.69) is 4.98 Å². The number of H-pyrrole nitrogens is 1. The van der Waals surface area contributed by atoms with Crippen LogP contribution in [0.5, 0.6) is 0 Å². The Morgan fingerprint density at radius 3 is 2.56 bits per heavy atom. The number of aliphatic hydroxyl groups is 1. The minimum atomic E-state index is -3.02. The molecule has 0 saturated carbocycles. The number of aromatic amines is 1. The van der Waals surface area contributed by atoms with E-state index in [0.717, 1.165) is 4.57 Å². The molecular weight excluding hydrogens is 383 g/mol. The predicted molar refractivity (Wildman–Crippen MR) is 92.6 cm³/mol. The van der Waals surface area contributed by atoms with Crippen LogP contribution in [0.15, 0.2) is 15.8 Å². The van der Waals surface area contributed by atoms with Gasteiger partial charge < -0.3 is 19.3 Å². The third-order valence-electron chi connectivity index (χ3n) is 4.50. The summed E-state index contributed by atoms with van der Waals surface area (Å²) in [6, 6.07) is 0. The third-order valence-corrected chi connectivity index (χ3v) is 4.93. The number of hydrogen-bond donors (Lipinski definition) is 3. The van der Waals surface area contributed by atoms with Crippen molar-refractivity contribution in [3.8, 4) is 0 Å². The van der Waals surface area contributed by atoms with Crippen LogP contribution in [0.2, 0.25) is 0 Å². The lowest BCUT2D eigenvalue weighted by Gasteiger charge is -2.28. The van der Waals surface area contributed by atoms with Crippen LogP contribution < -0.4 is 11.2 Å². The Balaban J connectivity index is 2.46. The maximum Gasteiger partial charge on any atom is 0.695 e. The summed E-state index contributed by atoms with van der Waals surface area (Å²) >= 11 is 0. The summed E-state index contributed by atoms with van der Waals surface area (Å²) in [5, 5.41) is 9.58. The molecule has 11 nitrogen and oxygen atoms in total. The molecule has 1 aromatic rings. The first-order valence-electron chi connectivity index (χ1n) is 8.29. The van der Waals surface area contributed by atoms with Gasteiger partial charge in [-0.15, -0.1) is 9.42 Å². The molecule has 1 aromatic heterocycles. The monoisotopic (exact) mass is 407 g/mol. The Morgan fingerprint density at radius 1 is 1.33 bits per heavy atom. The van der Waals surface area contributed by atoms with Crippen molar-refractivity contribution in [2.45, 2.75) is 57.5 Å². The van der Waals surface area contributed by atoms with Gasteiger partial charge in [0.15, 0.2) is 12.3 Å². The molecule has 152 valence electrons. The SMILES string of the molecule is CO[C@@H](C)[C@@H](C)OC1C(O[P+](=O)O)[C@@H](CO)O[C@H]1n1cc(C)c(=O)[nH]c1=O. The molecule has 1 aliphatic heterocycles. The summed E-state index contributed by atoms with van der Waals surface area (Å²) < 4.78 is 34.2. The van der Waals surface area contributed by atoms with Crippen molar-refractivity contribution in [2.75, 3.05) is 13.7 Å². The molecule has 2 rings (SSSR count). The number of nitrogens with one attached hydrogen (secondary N) is 1. The topological polar surface area (TPSA) is 149 Å². The Hall–Kier alpha value is -1.46. The van der Waals surface area contributed by atoms with E-state index in [4.69, 9.17) is 18.7 Å². The molecule has 0 amide bonds. The highest BCUT2D eigenvalue weighted by molar-refractivity contribution is 7.32. The summed E-state index contributed by atoms with van der Waals surface area (Å²) in [6.07, 6.45) is -3.81. The zero-order valence-corrected chi connectivity index (χ0v) is 16.3. The lowest BCUT2D eigenvalue weighted by Crippen LogP contribution is -2.43.